The number of ether oxygens (including phenoxy) is 1. The predicted molar refractivity (Wildman–Crippen MR) is 140 cm³/mol. The summed E-state index contributed by atoms with van der Waals surface area (Å²) in [6, 6.07) is 2.29. The summed E-state index contributed by atoms with van der Waals surface area (Å²) in [6.07, 6.45) is 5.70. The van der Waals surface area contributed by atoms with Gasteiger partial charge in [0, 0.05) is 25.7 Å². The molecule has 3 atom stereocenters. The Morgan fingerprint density at radius 3 is 2.08 bits per heavy atom. The second-order valence-electron chi connectivity index (χ2n) is 9.46. The van der Waals surface area contributed by atoms with E-state index in [1.54, 1.807) is 0 Å². The molecule has 1 amide bonds. The number of amides is 1. The fourth-order valence-electron chi connectivity index (χ4n) is 4.12. The van der Waals surface area contributed by atoms with Crippen molar-refractivity contribution in [3.63, 3.8) is 0 Å². The maximum absolute atomic E-state index is 12.5. The summed E-state index contributed by atoms with van der Waals surface area (Å²) in [7, 11) is 1.21. The molecule has 4 rings (SSSR count). The number of allylic oxidation sites excluding steroid dienone is 4. The summed E-state index contributed by atoms with van der Waals surface area (Å²) < 4.78 is 79.7. The number of methoxy groups -OCH3 is 1. The Bertz CT molecular complexity index is 985. The van der Waals surface area contributed by atoms with E-state index in [1.807, 2.05) is 13.8 Å². The van der Waals surface area contributed by atoms with Crippen molar-refractivity contribution in [2.45, 2.75) is 83.4 Å². The third-order valence-corrected chi connectivity index (χ3v) is 6.57. The van der Waals surface area contributed by atoms with Crippen LogP contribution in [-0.4, -0.2) is 31.6 Å². The molecule has 1 aromatic rings. The van der Waals surface area contributed by atoms with Crippen molar-refractivity contribution >= 4 is 5.91 Å². The molecule has 218 valence electrons. The minimum atomic E-state index is -4.83. The highest BCUT2D eigenvalue weighted by molar-refractivity contribution is 5.79. The number of alkyl halides is 6. The molecule has 1 saturated heterocycles. The number of nitrogens with one attached hydrogen (secondary N) is 2. The number of carbonyl (C=O) groups is 1. The molecule has 0 bridgehead atoms. The maximum atomic E-state index is 12.5. The second kappa shape index (κ2) is 14.7. The van der Waals surface area contributed by atoms with Crippen LogP contribution < -0.4 is 10.6 Å². The van der Waals surface area contributed by atoms with Crippen molar-refractivity contribution in [1.82, 2.24) is 10.6 Å². The van der Waals surface area contributed by atoms with Crippen LogP contribution >= 0.6 is 0 Å². The van der Waals surface area contributed by atoms with Gasteiger partial charge in [0.05, 0.1) is 23.1 Å². The van der Waals surface area contributed by atoms with E-state index >= 15 is 0 Å². The Morgan fingerprint density at radius 1 is 0.974 bits per heavy atom. The lowest BCUT2D eigenvalue weighted by atomic mass is 9.90. The van der Waals surface area contributed by atoms with Gasteiger partial charge in [-0.05, 0) is 68.4 Å². The Morgan fingerprint density at radius 2 is 1.59 bits per heavy atom. The van der Waals surface area contributed by atoms with Crippen molar-refractivity contribution in [2.24, 2.45) is 5.92 Å². The fraction of sp³-hybridized carbons (Fsp3) is 0.552. The van der Waals surface area contributed by atoms with Crippen LogP contribution in [0.1, 0.15) is 75.7 Å². The van der Waals surface area contributed by atoms with Crippen LogP contribution in [0.15, 0.2) is 54.2 Å². The lowest BCUT2D eigenvalue weighted by Gasteiger charge is -2.30. The van der Waals surface area contributed by atoms with Gasteiger partial charge in [0.25, 0.3) is 0 Å². The molecule has 0 aromatic heterocycles. The molecule has 0 radical (unpaired) electrons. The van der Waals surface area contributed by atoms with Gasteiger partial charge in [0.2, 0.25) is 5.91 Å². The topological polar surface area (TPSA) is 50.4 Å². The summed E-state index contributed by atoms with van der Waals surface area (Å²) in [5.41, 5.74) is -1.47. The van der Waals surface area contributed by atoms with Gasteiger partial charge in [0.15, 0.2) is 0 Å². The summed E-state index contributed by atoms with van der Waals surface area (Å²) >= 11 is 0. The zero-order valence-electron chi connectivity index (χ0n) is 22.8. The van der Waals surface area contributed by atoms with E-state index in [0.717, 1.165) is 25.8 Å². The molecule has 10 heteroatoms. The molecular formula is C29H38F6N2O2. The number of hydrogen-bond acceptors (Lipinski definition) is 3. The standard InChI is InChI=1S/C16H22N2O.C11H10F6O.C2H6/c19-16(18-14-8-9-14)13-7-10-15(17-11-13)12-5-3-1-2-4-6-12;1-6(18-2)7-3-8(10(12,13)14)5-9(4-7)11(15,16)17;1-2/h1-3,5-6,13-15,17H,4,7-11H2,(H,18,19);3-6H,1-2H3;1-2H3/t13?,15-;6-;/m01./s1. The van der Waals surface area contributed by atoms with Crippen LogP contribution in [0, 0.1) is 5.92 Å². The molecule has 1 heterocycles. The number of piperidine rings is 1. The van der Waals surface area contributed by atoms with Gasteiger partial charge in [-0.25, -0.2) is 0 Å². The van der Waals surface area contributed by atoms with Crippen LogP contribution in [-0.2, 0) is 21.9 Å². The summed E-state index contributed by atoms with van der Waals surface area (Å²) in [6.45, 7) is 6.18. The molecule has 3 aliphatic rings. The van der Waals surface area contributed by atoms with Crippen molar-refractivity contribution in [1.29, 1.82) is 0 Å². The minimum Gasteiger partial charge on any atom is -0.377 e. The van der Waals surface area contributed by atoms with E-state index in [9.17, 15) is 31.1 Å². The Labute approximate surface area is 226 Å². The summed E-state index contributed by atoms with van der Waals surface area (Å²) in [5.74, 6) is 0.408. The third-order valence-electron chi connectivity index (χ3n) is 6.57. The summed E-state index contributed by atoms with van der Waals surface area (Å²) in [4.78, 5) is 12.0. The van der Waals surface area contributed by atoms with Crippen molar-refractivity contribution in [3.8, 4) is 0 Å². The average Bonchev–Trinajstić information content (AvgIpc) is 3.76. The largest absolute Gasteiger partial charge is 0.416 e. The Kier molecular flexibility index (Phi) is 12.3. The number of carbonyl (C=O) groups excluding carboxylic acids is 1. The normalized spacial score (nSPS) is 21.8. The van der Waals surface area contributed by atoms with Crippen molar-refractivity contribution in [3.05, 3.63) is 70.8 Å². The first-order chi connectivity index (χ1) is 18.4. The van der Waals surface area contributed by atoms with Gasteiger partial charge in [-0.1, -0.05) is 44.2 Å². The smallest absolute Gasteiger partial charge is 0.377 e. The maximum Gasteiger partial charge on any atom is 0.416 e. The highest BCUT2D eigenvalue weighted by Crippen LogP contribution is 2.37. The molecule has 39 heavy (non-hydrogen) atoms. The van der Waals surface area contributed by atoms with Crippen LogP contribution in [0.5, 0.6) is 0 Å². The average molecular weight is 561 g/mol. The fourth-order valence-corrected chi connectivity index (χ4v) is 4.12. The zero-order chi connectivity index (χ0) is 29.2. The molecule has 1 unspecified atom stereocenters. The quantitative estimate of drug-likeness (QED) is 0.366. The van der Waals surface area contributed by atoms with E-state index in [2.05, 4.69) is 41.0 Å². The molecule has 0 spiro atoms. The Balaban J connectivity index is 0.000000258. The predicted octanol–water partition coefficient (Wildman–Crippen LogP) is 7.53. The first-order valence-electron chi connectivity index (χ1n) is 13.3. The zero-order valence-corrected chi connectivity index (χ0v) is 22.8. The highest BCUT2D eigenvalue weighted by Gasteiger charge is 2.37. The van der Waals surface area contributed by atoms with E-state index in [4.69, 9.17) is 4.74 Å². The lowest BCUT2D eigenvalue weighted by molar-refractivity contribution is -0.143. The molecule has 1 saturated carbocycles. The van der Waals surface area contributed by atoms with E-state index in [-0.39, 0.29) is 23.5 Å². The number of benzene rings is 1. The van der Waals surface area contributed by atoms with Crippen LogP contribution in [0.25, 0.3) is 0 Å². The van der Waals surface area contributed by atoms with E-state index < -0.39 is 29.6 Å². The first-order valence-corrected chi connectivity index (χ1v) is 13.3. The molecule has 2 fully saturated rings. The minimum absolute atomic E-state index is 0.0892. The third kappa shape index (κ3) is 10.5. The van der Waals surface area contributed by atoms with Crippen LogP contribution in [0.3, 0.4) is 0 Å². The number of hydrogen-bond donors (Lipinski definition) is 2. The van der Waals surface area contributed by atoms with Gasteiger partial charge in [-0.15, -0.1) is 0 Å². The first kappa shape index (κ1) is 32.6. The molecule has 2 N–H and O–H groups in total. The Hall–Kier alpha value is -2.59. The van der Waals surface area contributed by atoms with Crippen LogP contribution in [0.4, 0.5) is 26.3 Å². The van der Waals surface area contributed by atoms with Crippen LogP contribution in [0.2, 0.25) is 0 Å². The van der Waals surface area contributed by atoms with E-state index in [0.29, 0.717) is 24.2 Å². The lowest BCUT2D eigenvalue weighted by Crippen LogP contribution is -2.46. The van der Waals surface area contributed by atoms with Crippen molar-refractivity contribution in [2.75, 3.05) is 13.7 Å². The molecule has 1 aliphatic heterocycles. The molecule has 4 nitrogen and oxygen atoms in total. The monoisotopic (exact) mass is 560 g/mol. The summed E-state index contributed by atoms with van der Waals surface area (Å²) in [5, 5.41) is 6.64. The second-order valence-corrected chi connectivity index (χ2v) is 9.46. The number of halogens is 6. The van der Waals surface area contributed by atoms with Gasteiger partial charge in [0.1, 0.15) is 0 Å². The number of rotatable bonds is 5. The SMILES string of the molecule is CC.CO[C@H](C)c1cc(C(F)(F)F)cc(C(F)(F)F)c1.O=C(NC1CC1)C1CC[C@@H](C2=CCC=CC=C2)NC1. The highest BCUT2D eigenvalue weighted by atomic mass is 19.4. The molecule has 1 aromatic carbocycles. The van der Waals surface area contributed by atoms with Gasteiger partial charge in [-0.2, -0.15) is 26.3 Å². The van der Waals surface area contributed by atoms with Gasteiger partial charge >= 0.3 is 12.4 Å². The van der Waals surface area contributed by atoms with Gasteiger partial charge < -0.3 is 15.4 Å². The molecule has 2 aliphatic carbocycles. The molecular weight excluding hydrogens is 522 g/mol. The van der Waals surface area contributed by atoms with E-state index in [1.165, 1.54) is 32.4 Å². The van der Waals surface area contributed by atoms with Crippen molar-refractivity contribution < 1.29 is 35.9 Å². The van der Waals surface area contributed by atoms with Gasteiger partial charge in [-0.3, -0.25) is 4.79 Å².